The number of fused-ring (bicyclic) bond motifs is 1. The third-order valence-corrected chi connectivity index (χ3v) is 4.33. The summed E-state index contributed by atoms with van der Waals surface area (Å²) >= 11 is 3.59. The molecule has 0 spiro atoms. The highest BCUT2D eigenvalue weighted by atomic mass is 79.9. The minimum Gasteiger partial charge on any atom is -0.322 e. The van der Waals surface area contributed by atoms with Gasteiger partial charge in [-0.15, -0.1) is 0 Å². The maximum absolute atomic E-state index is 4.69. The lowest BCUT2D eigenvalue weighted by Crippen LogP contribution is -2.20. The van der Waals surface area contributed by atoms with Gasteiger partial charge in [0.05, 0.1) is 5.69 Å². The zero-order chi connectivity index (χ0) is 11.0. The molecule has 2 aliphatic heterocycles. The number of imidazole rings is 1. The fraction of sp³-hybridized carbons (Fsp3) is 0.750. The van der Waals surface area contributed by atoms with E-state index in [-0.39, 0.29) is 0 Å². The van der Waals surface area contributed by atoms with Crippen LogP contribution in [0.5, 0.6) is 0 Å². The van der Waals surface area contributed by atoms with E-state index in [1.165, 1.54) is 56.6 Å². The minimum absolute atomic E-state index is 1.04. The summed E-state index contributed by atoms with van der Waals surface area (Å²) in [5.74, 6) is 0. The van der Waals surface area contributed by atoms with E-state index < -0.39 is 0 Å². The third kappa shape index (κ3) is 1.93. The molecule has 0 bridgehead atoms. The van der Waals surface area contributed by atoms with Crippen molar-refractivity contribution >= 4 is 15.9 Å². The summed E-state index contributed by atoms with van der Waals surface area (Å²) in [6.07, 6.45) is 6.55. The van der Waals surface area contributed by atoms with Crippen molar-refractivity contribution in [2.45, 2.75) is 45.2 Å². The molecule has 0 saturated carbocycles. The Kier molecular flexibility index (Phi) is 3.03. The van der Waals surface area contributed by atoms with Crippen molar-refractivity contribution in [1.29, 1.82) is 0 Å². The summed E-state index contributed by atoms with van der Waals surface area (Å²) in [6.45, 7) is 4.71. The molecule has 16 heavy (non-hydrogen) atoms. The van der Waals surface area contributed by atoms with Gasteiger partial charge >= 0.3 is 0 Å². The van der Waals surface area contributed by atoms with Gasteiger partial charge in [-0.1, -0.05) is 0 Å². The van der Waals surface area contributed by atoms with Crippen LogP contribution in [-0.2, 0) is 19.5 Å². The Hall–Kier alpha value is -0.350. The highest BCUT2D eigenvalue weighted by molar-refractivity contribution is 9.10. The van der Waals surface area contributed by atoms with E-state index in [0.717, 1.165) is 17.8 Å². The number of rotatable bonds is 2. The van der Waals surface area contributed by atoms with Crippen LogP contribution in [0.1, 0.15) is 37.1 Å². The quantitative estimate of drug-likeness (QED) is 0.832. The molecule has 0 N–H and O–H groups in total. The Labute approximate surface area is 105 Å². The van der Waals surface area contributed by atoms with Crippen LogP contribution in [0.2, 0.25) is 0 Å². The number of halogens is 1. The summed E-state index contributed by atoms with van der Waals surface area (Å²) < 4.78 is 3.39. The van der Waals surface area contributed by atoms with Crippen LogP contribution in [0, 0.1) is 0 Å². The number of likely N-dealkylation sites (tertiary alicyclic amines) is 1. The lowest BCUT2D eigenvalue weighted by molar-refractivity contribution is 0.325. The van der Waals surface area contributed by atoms with Crippen LogP contribution in [0.4, 0.5) is 0 Å². The molecule has 1 aromatic heterocycles. The summed E-state index contributed by atoms with van der Waals surface area (Å²) in [7, 11) is 0. The Morgan fingerprint density at radius 2 is 1.81 bits per heavy atom. The Morgan fingerprint density at radius 3 is 2.62 bits per heavy atom. The first-order valence-electron chi connectivity index (χ1n) is 6.31. The van der Waals surface area contributed by atoms with Crippen molar-refractivity contribution in [3.8, 4) is 0 Å². The van der Waals surface area contributed by atoms with E-state index in [1.807, 2.05) is 0 Å². The average Bonchev–Trinajstić information content (AvgIpc) is 2.90. The lowest BCUT2D eigenvalue weighted by Gasteiger charge is -2.18. The molecule has 0 aliphatic carbocycles. The maximum Gasteiger partial charge on any atom is 0.177 e. The first kappa shape index (κ1) is 10.8. The van der Waals surface area contributed by atoms with Crippen LogP contribution in [0.3, 0.4) is 0 Å². The molecule has 0 amide bonds. The second-order valence-corrected chi connectivity index (χ2v) is 5.58. The van der Waals surface area contributed by atoms with Gasteiger partial charge in [-0.3, -0.25) is 4.90 Å². The first-order chi connectivity index (χ1) is 7.84. The SMILES string of the molecule is Brc1nc(CN2CCCC2)c2n1CCCC2. The standard InChI is InChI=1S/C12H18BrN3/c13-12-14-10(9-15-6-3-4-7-15)11-5-1-2-8-16(11)12/h1-9H2. The monoisotopic (exact) mass is 283 g/mol. The van der Waals surface area contributed by atoms with Crippen LogP contribution in [0.15, 0.2) is 4.73 Å². The second kappa shape index (κ2) is 4.49. The first-order valence-corrected chi connectivity index (χ1v) is 7.10. The van der Waals surface area contributed by atoms with E-state index >= 15 is 0 Å². The van der Waals surface area contributed by atoms with Gasteiger partial charge in [0.15, 0.2) is 4.73 Å². The van der Waals surface area contributed by atoms with Gasteiger partial charge in [0.1, 0.15) is 0 Å². The van der Waals surface area contributed by atoms with E-state index in [9.17, 15) is 0 Å². The molecule has 3 nitrogen and oxygen atoms in total. The van der Waals surface area contributed by atoms with Gasteiger partial charge < -0.3 is 4.57 Å². The van der Waals surface area contributed by atoms with Crippen molar-refractivity contribution in [2.24, 2.45) is 0 Å². The molecular weight excluding hydrogens is 266 g/mol. The Morgan fingerprint density at radius 1 is 1.06 bits per heavy atom. The molecule has 0 unspecified atom stereocenters. The van der Waals surface area contributed by atoms with Gasteiger partial charge in [-0.25, -0.2) is 4.98 Å². The van der Waals surface area contributed by atoms with Crippen molar-refractivity contribution in [2.75, 3.05) is 13.1 Å². The molecule has 3 heterocycles. The van der Waals surface area contributed by atoms with Gasteiger partial charge in [0.2, 0.25) is 0 Å². The minimum atomic E-state index is 1.04. The number of hydrogen-bond acceptors (Lipinski definition) is 2. The molecule has 4 heteroatoms. The molecule has 1 fully saturated rings. The third-order valence-electron chi connectivity index (χ3n) is 3.73. The second-order valence-electron chi connectivity index (χ2n) is 4.87. The molecule has 0 atom stereocenters. The Balaban J connectivity index is 1.83. The molecule has 88 valence electrons. The van der Waals surface area contributed by atoms with Crippen LogP contribution >= 0.6 is 15.9 Å². The smallest absolute Gasteiger partial charge is 0.177 e. The van der Waals surface area contributed by atoms with Gasteiger partial charge in [0, 0.05) is 18.8 Å². The van der Waals surface area contributed by atoms with Gasteiger partial charge in [-0.2, -0.15) is 0 Å². The van der Waals surface area contributed by atoms with E-state index in [2.05, 4.69) is 25.4 Å². The highest BCUT2D eigenvalue weighted by Crippen LogP contribution is 2.25. The van der Waals surface area contributed by atoms with Crippen LogP contribution in [-0.4, -0.2) is 27.5 Å². The fourth-order valence-electron chi connectivity index (χ4n) is 2.85. The largest absolute Gasteiger partial charge is 0.322 e. The number of nitrogens with zero attached hydrogens (tertiary/aromatic N) is 3. The van der Waals surface area contributed by atoms with E-state index in [0.29, 0.717) is 0 Å². The molecular formula is C12H18BrN3. The number of hydrogen-bond donors (Lipinski definition) is 0. The molecule has 1 saturated heterocycles. The van der Waals surface area contributed by atoms with Crippen molar-refractivity contribution in [3.05, 3.63) is 16.1 Å². The van der Waals surface area contributed by atoms with Gasteiger partial charge in [0.25, 0.3) is 0 Å². The zero-order valence-corrected chi connectivity index (χ0v) is 11.2. The highest BCUT2D eigenvalue weighted by Gasteiger charge is 2.21. The summed E-state index contributed by atoms with van der Waals surface area (Å²) in [4.78, 5) is 7.23. The fourth-order valence-corrected chi connectivity index (χ4v) is 3.46. The van der Waals surface area contributed by atoms with Crippen molar-refractivity contribution in [1.82, 2.24) is 14.5 Å². The van der Waals surface area contributed by atoms with Gasteiger partial charge in [-0.05, 0) is 61.1 Å². The predicted molar refractivity (Wildman–Crippen MR) is 67.4 cm³/mol. The number of aromatic nitrogens is 2. The summed E-state index contributed by atoms with van der Waals surface area (Å²) in [5, 5.41) is 0. The van der Waals surface area contributed by atoms with E-state index in [4.69, 9.17) is 4.98 Å². The van der Waals surface area contributed by atoms with Crippen LogP contribution in [0.25, 0.3) is 0 Å². The van der Waals surface area contributed by atoms with Crippen molar-refractivity contribution < 1.29 is 0 Å². The normalized spacial score (nSPS) is 21.3. The topological polar surface area (TPSA) is 21.1 Å². The maximum atomic E-state index is 4.69. The van der Waals surface area contributed by atoms with Crippen molar-refractivity contribution in [3.63, 3.8) is 0 Å². The summed E-state index contributed by atoms with van der Waals surface area (Å²) in [5.41, 5.74) is 2.79. The molecule has 3 rings (SSSR count). The Bertz CT molecular complexity index is 380. The van der Waals surface area contributed by atoms with Crippen LogP contribution < -0.4 is 0 Å². The zero-order valence-electron chi connectivity index (χ0n) is 9.58. The summed E-state index contributed by atoms with van der Waals surface area (Å²) in [6, 6.07) is 0. The predicted octanol–water partition coefficient (Wildman–Crippen LogP) is 2.58. The molecule has 1 aromatic rings. The lowest BCUT2D eigenvalue weighted by atomic mass is 10.1. The molecule has 2 aliphatic rings. The molecule has 0 aromatic carbocycles. The van der Waals surface area contributed by atoms with E-state index in [1.54, 1.807) is 0 Å². The average molecular weight is 284 g/mol. The molecule has 0 radical (unpaired) electrons.